The third-order valence-corrected chi connectivity index (χ3v) is 4.93. The SMILES string of the molecule is CCS(=O)(=O)C(C)/C(=N/O)c1ccc(Cl)cc1. The van der Waals surface area contributed by atoms with E-state index in [9.17, 15) is 8.42 Å². The van der Waals surface area contributed by atoms with E-state index < -0.39 is 15.1 Å². The average Bonchev–Trinajstić information content (AvgIpc) is 2.32. The molecule has 0 amide bonds. The normalized spacial score (nSPS) is 14.6. The van der Waals surface area contributed by atoms with Crippen molar-refractivity contribution < 1.29 is 13.6 Å². The number of halogens is 1. The maximum atomic E-state index is 11.7. The van der Waals surface area contributed by atoms with Gasteiger partial charge in [0.25, 0.3) is 0 Å². The second-order valence-electron chi connectivity index (χ2n) is 3.59. The molecule has 0 spiro atoms. The van der Waals surface area contributed by atoms with Crippen molar-refractivity contribution in [1.29, 1.82) is 0 Å². The Bertz CT molecular complexity index is 508. The summed E-state index contributed by atoms with van der Waals surface area (Å²) in [5.41, 5.74) is 0.671. The van der Waals surface area contributed by atoms with Gasteiger partial charge in [-0.1, -0.05) is 35.8 Å². The molecule has 0 aromatic heterocycles. The van der Waals surface area contributed by atoms with Gasteiger partial charge in [-0.15, -0.1) is 0 Å². The molecule has 94 valence electrons. The highest BCUT2D eigenvalue weighted by Crippen LogP contribution is 2.15. The lowest BCUT2D eigenvalue weighted by Gasteiger charge is -2.13. The van der Waals surface area contributed by atoms with Crippen LogP contribution in [-0.4, -0.2) is 30.3 Å². The summed E-state index contributed by atoms with van der Waals surface area (Å²) >= 11 is 5.74. The average molecular weight is 276 g/mol. The molecule has 17 heavy (non-hydrogen) atoms. The molecule has 1 aromatic carbocycles. The molecule has 0 bridgehead atoms. The molecule has 0 saturated heterocycles. The first-order valence-corrected chi connectivity index (χ1v) is 7.21. The Kier molecular flexibility index (Phi) is 4.54. The van der Waals surface area contributed by atoms with Gasteiger partial charge in [0, 0.05) is 16.3 Å². The van der Waals surface area contributed by atoms with Crippen molar-refractivity contribution in [3.63, 3.8) is 0 Å². The molecule has 0 heterocycles. The molecule has 1 rings (SSSR count). The molecule has 1 aromatic rings. The highest BCUT2D eigenvalue weighted by atomic mass is 35.5. The lowest BCUT2D eigenvalue weighted by atomic mass is 10.1. The van der Waals surface area contributed by atoms with Crippen LogP contribution in [0.25, 0.3) is 0 Å². The van der Waals surface area contributed by atoms with Crippen LogP contribution in [0.2, 0.25) is 5.02 Å². The largest absolute Gasteiger partial charge is 0.411 e. The number of benzene rings is 1. The quantitative estimate of drug-likeness (QED) is 0.521. The summed E-state index contributed by atoms with van der Waals surface area (Å²) in [6.07, 6.45) is 0. The van der Waals surface area contributed by atoms with Gasteiger partial charge in [-0.05, 0) is 19.1 Å². The van der Waals surface area contributed by atoms with E-state index in [0.717, 1.165) is 0 Å². The lowest BCUT2D eigenvalue weighted by molar-refractivity contribution is 0.318. The molecular weight excluding hydrogens is 262 g/mol. The van der Waals surface area contributed by atoms with Crippen LogP contribution in [0.4, 0.5) is 0 Å². The minimum absolute atomic E-state index is 0.000770. The molecule has 1 N–H and O–H groups in total. The maximum Gasteiger partial charge on any atom is 0.158 e. The Morgan fingerprint density at radius 2 is 1.94 bits per heavy atom. The van der Waals surface area contributed by atoms with Crippen LogP contribution in [0.1, 0.15) is 19.4 Å². The monoisotopic (exact) mass is 275 g/mol. The van der Waals surface area contributed by atoms with Gasteiger partial charge in [-0.25, -0.2) is 8.42 Å². The standard InChI is InChI=1S/C11H14ClNO3S/c1-3-17(15,16)8(2)11(13-14)9-4-6-10(12)7-5-9/h4-8,14H,3H2,1-2H3/b13-11-. The van der Waals surface area contributed by atoms with Crippen molar-refractivity contribution in [1.82, 2.24) is 0 Å². The Balaban J connectivity index is 3.14. The summed E-state index contributed by atoms with van der Waals surface area (Å²) < 4.78 is 23.4. The van der Waals surface area contributed by atoms with Crippen LogP contribution in [0.5, 0.6) is 0 Å². The predicted octanol–water partition coefficient (Wildman–Crippen LogP) is 2.34. The molecule has 4 nitrogen and oxygen atoms in total. The van der Waals surface area contributed by atoms with Crippen molar-refractivity contribution in [2.24, 2.45) is 5.16 Å². The Morgan fingerprint density at radius 1 is 1.41 bits per heavy atom. The number of hydrogen-bond acceptors (Lipinski definition) is 4. The summed E-state index contributed by atoms with van der Waals surface area (Å²) in [5.74, 6) is 0.000770. The van der Waals surface area contributed by atoms with Gasteiger partial charge in [-0.3, -0.25) is 0 Å². The molecular formula is C11H14ClNO3S. The minimum Gasteiger partial charge on any atom is -0.411 e. The molecule has 0 saturated carbocycles. The second-order valence-corrected chi connectivity index (χ2v) is 6.63. The number of nitrogens with zero attached hydrogens (tertiary/aromatic N) is 1. The van der Waals surface area contributed by atoms with E-state index in [1.165, 1.54) is 6.92 Å². The fourth-order valence-electron chi connectivity index (χ4n) is 1.41. The molecule has 0 aliphatic heterocycles. The highest BCUT2D eigenvalue weighted by Gasteiger charge is 2.25. The van der Waals surface area contributed by atoms with Crippen molar-refractivity contribution >= 4 is 27.1 Å². The van der Waals surface area contributed by atoms with Crippen LogP contribution < -0.4 is 0 Å². The van der Waals surface area contributed by atoms with Crippen molar-refractivity contribution in [2.75, 3.05) is 5.75 Å². The van der Waals surface area contributed by atoms with Crippen molar-refractivity contribution in [2.45, 2.75) is 19.1 Å². The van der Waals surface area contributed by atoms with E-state index >= 15 is 0 Å². The Labute approximate surface area is 106 Å². The number of hydrogen-bond donors (Lipinski definition) is 1. The van der Waals surface area contributed by atoms with E-state index in [4.69, 9.17) is 16.8 Å². The van der Waals surface area contributed by atoms with Gasteiger partial charge in [0.15, 0.2) is 9.84 Å². The third-order valence-electron chi connectivity index (χ3n) is 2.57. The Hall–Kier alpha value is -1.07. The lowest BCUT2D eigenvalue weighted by Crippen LogP contribution is -2.29. The van der Waals surface area contributed by atoms with E-state index in [1.54, 1.807) is 31.2 Å². The zero-order chi connectivity index (χ0) is 13.1. The predicted molar refractivity (Wildman–Crippen MR) is 68.7 cm³/mol. The second kappa shape index (κ2) is 5.51. The summed E-state index contributed by atoms with van der Waals surface area (Å²) in [6, 6.07) is 6.48. The smallest absolute Gasteiger partial charge is 0.158 e. The number of oxime groups is 1. The zero-order valence-electron chi connectivity index (χ0n) is 9.59. The summed E-state index contributed by atoms with van der Waals surface area (Å²) in [6.45, 7) is 3.06. The first-order chi connectivity index (χ1) is 7.92. The summed E-state index contributed by atoms with van der Waals surface area (Å²) in [5, 5.41) is 11.8. The molecule has 0 fully saturated rings. The topological polar surface area (TPSA) is 66.7 Å². The fraction of sp³-hybridized carbons (Fsp3) is 0.364. The number of rotatable bonds is 4. The first kappa shape index (κ1) is 14.0. The molecule has 0 aliphatic carbocycles. The van der Waals surface area contributed by atoms with Crippen molar-refractivity contribution in [3.8, 4) is 0 Å². The van der Waals surface area contributed by atoms with Gasteiger partial charge in [0.2, 0.25) is 0 Å². The van der Waals surface area contributed by atoms with Crippen LogP contribution in [0.15, 0.2) is 29.4 Å². The molecule has 1 atom stereocenters. The zero-order valence-corrected chi connectivity index (χ0v) is 11.2. The van der Waals surface area contributed by atoms with Gasteiger partial charge < -0.3 is 5.21 Å². The van der Waals surface area contributed by atoms with E-state index in [0.29, 0.717) is 10.6 Å². The first-order valence-electron chi connectivity index (χ1n) is 5.11. The van der Waals surface area contributed by atoms with Crippen molar-refractivity contribution in [3.05, 3.63) is 34.9 Å². The fourth-order valence-corrected chi connectivity index (χ4v) is 2.56. The molecule has 6 heteroatoms. The molecule has 0 aliphatic rings. The summed E-state index contributed by atoms with van der Waals surface area (Å²) in [4.78, 5) is 0. The van der Waals surface area contributed by atoms with Crippen LogP contribution in [0, 0.1) is 0 Å². The third kappa shape index (κ3) is 3.20. The van der Waals surface area contributed by atoms with E-state index in [1.807, 2.05) is 0 Å². The van der Waals surface area contributed by atoms with Crippen LogP contribution in [0.3, 0.4) is 0 Å². The summed E-state index contributed by atoms with van der Waals surface area (Å²) in [7, 11) is -3.29. The van der Waals surface area contributed by atoms with Crippen LogP contribution >= 0.6 is 11.6 Å². The van der Waals surface area contributed by atoms with Gasteiger partial charge in [0.05, 0.1) is 0 Å². The number of sulfone groups is 1. The van der Waals surface area contributed by atoms with E-state index in [-0.39, 0.29) is 11.5 Å². The van der Waals surface area contributed by atoms with E-state index in [2.05, 4.69) is 5.16 Å². The Morgan fingerprint density at radius 3 is 2.35 bits per heavy atom. The molecule has 0 radical (unpaired) electrons. The van der Waals surface area contributed by atoms with Gasteiger partial charge in [-0.2, -0.15) is 0 Å². The highest BCUT2D eigenvalue weighted by molar-refractivity contribution is 7.92. The van der Waals surface area contributed by atoms with Gasteiger partial charge >= 0.3 is 0 Å². The van der Waals surface area contributed by atoms with Gasteiger partial charge in [0.1, 0.15) is 11.0 Å². The maximum absolute atomic E-state index is 11.7. The minimum atomic E-state index is -3.29. The molecule has 1 unspecified atom stereocenters. The van der Waals surface area contributed by atoms with Crippen LogP contribution in [-0.2, 0) is 9.84 Å².